The van der Waals surface area contributed by atoms with Crippen molar-refractivity contribution >= 4 is 16.9 Å². The van der Waals surface area contributed by atoms with Crippen molar-refractivity contribution in [1.29, 1.82) is 0 Å². The number of ether oxygens (including phenoxy) is 2. The number of benzene rings is 2. The van der Waals surface area contributed by atoms with E-state index >= 15 is 0 Å². The SMILES string of the molecule is COc1cc(C)ccc1OC(=O)c1cc2ccccc2o1. The van der Waals surface area contributed by atoms with Crippen LogP contribution in [0.15, 0.2) is 52.9 Å². The van der Waals surface area contributed by atoms with Crippen LogP contribution in [0.4, 0.5) is 0 Å². The summed E-state index contributed by atoms with van der Waals surface area (Å²) < 4.78 is 16.0. The molecular formula is C17H14O4. The zero-order valence-electron chi connectivity index (χ0n) is 11.8. The van der Waals surface area contributed by atoms with E-state index in [1.807, 2.05) is 31.2 Å². The van der Waals surface area contributed by atoms with Gasteiger partial charge in [0.25, 0.3) is 0 Å². The molecule has 1 heterocycles. The summed E-state index contributed by atoms with van der Waals surface area (Å²) in [5.41, 5.74) is 1.68. The third-order valence-electron chi connectivity index (χ3n) is 3.15. The number of esters is 1. The van der Waals surface area contributed by atoms with Crippen LogP contribution in [-0.2, 0) is 0 Å². The summed E-state index contributed by atoms with van der Waals surface area (Å²) in [6, 6.07) is 14.4. The van der Waals surface area contributed by atoms with Crippen LogP contribution in [0.25, 0.3) is 11.0 Å². The van der Waals surface area contributed by atoms with Crippen molar-refractivity contribution in [2.75, 3.05) is 7.11 Å². The number of methoxy groups -OCH3 is 1. The monoisotopic (exact) mass is 282 g/mol. The molecule has 4 nitrogen and oxygen atoms in total. The second-order valence-corrected chi connectivity index (χ2v) is 4.69. The van der Waals surface area contributed by atoms with Gasteiger partial charge in [-0.05, 0) is 36.8 Å². The van der Waals surface area contributed by atoms with Crippen molar-refractivity contribution in [3.63, 3.8) is 0 Å². The first-order valence-electron chi connectivity index (χ1n) is 6.53. The fraction of sp³-hybridized carbons (Fsp3) is 0.118. The molecule has 0 N–H and O–H groups in total. The molecule has 0 aliphatic rings. The number of carbonyl (C=O) groups is 1. The van der Waals surface area contributed by atoms with Gasteiger partial charge in [0.1, 0.15) is 5.58 Å². The fourth-order valence-corrected chi connectivity index (χ4v) is 2.09. The lowest BCUT2D eigenvalue weighted by Crippen LogP contribution is -2.08. The highest BCUT2D eigenvalue weighted by molar-refractivity contribution is 5.93. The minimum absolute atomic E-state index is 0.166. The molecule has 3 rings (SSSR count). The van der Waals surface area contributed by atoms with Gasteiger partial charge in [0.15, 0.2) is 11.5 Å². The molecule has 0 aliphatic carbocycles. The van der Waals surface area contributed by atoms with Crippen molar-refractivity contribution in [3.8, 4) is 11.5 Å². The maximum absolute atomic E-state index is 12.2. The van der Waals surface area contributed by atoms with Gasteiger partial charge in [-0.1, -0.05) is 24.3 Å². The van der Waals surface area contributed by atoms with Crippen molar-refractivity contribution in [1.82, 2.24) is 0 Å². The first-order valence-corrected chi connectivity index (χ1v) is 6.53. The van der Waals surface area contributed by atoms with Crippen molar-refractivity contribution < 1.29 is 18.7 Å². The fourth-order valence-electron chi connectivity index (χ4n) is 2.09. The summed E-state index contributed by atoms with van der Waals surface area (Å²) in [5.74, 6) is 0.500. The molecule has 0 radical (unpaired) electrons. The maximum Gasteiger partial charge on any atom is 0.379 e. The van der Waals surface area contributed by atoms with Crippen LogP contribution >= 0.6 is 0 Å². The van der Waals surface area contributed by atoms with Crippen LogP contribution in [-0.4, -0.2) is 13.1 Å². The van der Waals surface area contributed by atoms with E-state index < -0.39 is 5.97 Å². The highest BCUT2D eigenvalue weighted by atomic mass is 16.6. The molecule has 3 aromatic rings. The normalized spacial score (nSPS) is 10.6. The molecule has 0 fully saturated rings. The lowest BCUT2D eigenvalue weighted by molar-refractivity contribution is 0.0699. The van der Waals surface area contributed by atoms with Crippen LogP contribution in [0.5, 0.6) is 11.5 Å². The number of furan rings is 1. The van der Waals surface area contributed by atoms with E-state index in [0.717, 1.165) is 10.9 Å². The number of rotatable bonds is 3. The minimum Gasteiger partial charge on any atom is -0.493 e. The molecule has 106 valence electrons. The average Bonchev–Trinajstić information content (AvgIpc) is 2.93. The predicted octanol–water partition coefficient (Wildman–Crippen LogP) is 3.97. The molecular weight excluding hydrogens is 268 g/mol. The summed E-state index contributed by atoms with van der Waals surface area (Å²) in [6.07, 6.45) is 0. The number of hydrogen-bond donors (Lipinski definition) is 0. The van der Waals surface area contributed by atoms with Crippen LogP contribution in [0.1, 0.15) is 16.1 Å². The summed E-state index contributed by atoms with van der Waals surface area (Å²) in [7, 11) is 1.54. The summed E-state index contributed by atoms with van der Waals surface area (Å²) >= 11 is 0. The van der Waals surface area contributed by atoms with E-state index in [2.05, 4.69) is 0 Å². The number of carbonyl (C=O) groups excluding carboxylic acids is 1. The number of fused-ring (bicyclic) bond motifs is 1. The predicted molar refractivity (Wildman–Crippen MR) is 78.9 cm³/mol. The Kier molecular flexibility index (Phi) is 3.36. The number of para-hydroxylation sites is 1. The van der Waals surface area contributed by atoms with Crippen LogP contribution in [0, 0.1) is 6.92 Å². The van der Waals surface area contributed by atoms with E-state index in [9.17, 15) is 4.79 Å². The summed E-state index contributed by atoms with van der Waals surface area (Å²) in [6.45, 7) is 1.94. The lowest BCUT2D eigenvalue weighted by Gasteiger charge is -2.08. The second kappa shape index (κ2) is 5.32. The molecule has 4 heteroatoms. The van der Waals surface area contributed by atoms with Gasteiger partial charge in [0.2, 0.25) is 5.76 Å². The van der Waals surface area contributed by atoms with E-state index in [0.29, 0.717) is 17.1 Å². The molecule has 21 heavy (non-hydrogen) atoms. The Bertz CT molecular complexity index is 768. The molecule has 0 aliphatic heterocycles. The largest absolute Gasteiger partial charge is 0.493 e. The van der Waals surface area contributed by atoms with Gasteiger partial charge in [-0.25, -0.2) is 4.79 Å². The Morgan fingerprint density at radius 3 is 2.62 bits per heavy atom. The summed E-state index contributed by atoms with van der Waals surface area (Å²) in [5, 5.41) is 0.861. The third-order valence-corrected chi connectivity index (χ3v) is 3.15. The van der Waals surface area contributed by atoms with Gasteiger partial charge in [-0.2, -0.15) is 0 Å². The van der Waals surface area contributed by atoms with Gasteiger partial charge in [-0.3, -0.25) is 0 Å². The molecule has 0 bridgehead atoms. The third kappa shape index (κ3) is 2.60. The van der Waals surface area contributed by atoms with Gasteiger partial charge in [0.05, 0.1) is 7.11 Å². The van der Waals surface area contributed by atoms with Gasteiger partial charge in [0, 0.05) is 5.39 Å². The standard InChI is InChI=1S/C17H14O4/c1-11-7-8-14(15(9-11)19-2)21-17(18)16-10-12-5-3-4-6-13(12)20-16/h3-10H,1-2H3. The number of aryl methyl sites for hydroxylation is 1. The highest BCUT2D eigenvalue weighted by Gasteiger charge is 2.16. The number of hydrogen-bond acceptors (Lipinski definition) is 4. The first-order chi connectivity index (χ1) is 10.2. The Morgan fingerprint density at radius 1 is 1.05 bits per heavy atom. The van der Waals surface area contributed by atoms with Crippen LogP contribution < -0.4 is 9.47 Å². The van der Waals surface area contributed by atoms with E-state index in [4.69, 9.17) is 13.9 Å². The topological polar surface area (TPSA) is 48.7 Å². The van der Waals surface area contributed by atoms with E-state index in [1.165, 1.54) is 7.11 Å². The quantitative estimate of drug-likeness (QED) is 0.538. The Hall–Kier alpha value is -2.75. The second-order valence-electron chi connectivity index (χ2n) is 4.69. The van der Waals surface area contributed by atoms with Crippen LogP contribution in [0.3, 0.4) is 0 Å². The summed E-state index contributed by atoms with van der Waals surface area (Å²) in [4.78, 5) is 12.2. The highest BCUT2D eigenvalue weighted by Crippen LogP contribution is 2.29. The Labute approximate surface area is 121 Å². The smallest absolute Gasteiger partial charge is 0.379 e. The van der Waals surface area contributed by atoms with Gasteiger partial charge in [-0.15, -0.1) is 0 Å². The minimum atomic E-state index is -0.548. The van der Waals surface area contributed by atoms with Gasteiger partial charge < -0.3 is 13.9 Å². The Morgan fingerprint density at radius 2 is 1.86 bits per heavy atom. The molecule has 0 unspecified atom stereocenters. The van der Waals surface area contributed by atoms with E-state index in [1.54, 1.807) is 24.3 Å². The molecule has 2 aromatic carbocycles. The molecule has 0 saturated carbocycles. The van der Waals surface area contributed by atoms with Crippen LogP contribution in [0.2, 0.25) is 0 Å². The first kappa shape index (κ1) is 13.2. The molecule has 1 aromatic heterocycles. The average molecular weight is 282 g/mol. The maximum atomic E-state index is 12.2. The zero-order valence-corrected chi connectivity index (χ0v) is 11.8. The Balaban J connectivity index is 1.89. The van der Waals surface area contributed by atoms with E-state index in [-0.39, 0.29) is 5.76 Å². The van der Waals surface area contributed by atoms with Crippen molar-refractivity contribution in [3.05, 3.63) is 59.9 Å². The molecule has 0 saturated heterocycles. The molecule has 0 amide bonds. The van der Waals surface area contributed by atoms with Gasteiger partial charge >= 0.3 is 5.97 Å². The molecule has 0 spiro atoms. The van der Waals surface area contributed by atoms with Crippen molar-refractivity contribution in [2.24, 2.45) is 0 Å². The van der Waals surface area contributed by atoms with Crippen molar-refractivity contribution in [2.45, 2.75) is 6.92 Å². The lowest BCUT2D eigenvalue weighted by atomic mass is 10.2. The zero-order chi connectivity index (χ0) is 14.8. The molecule has 0 atom stereocenters.